The molecule has 0 aliphatic heterocycles. The molecule has 1 unspecified atom stereocenters. The number of ether oxygens (including phenoxy) is 1. The summed E-state index contributed by atoms with van der Waals surface area (Å²) >= 11 is 1.45. The van der Waals surface area contributed by atoms with Gasteiger partial charge in [0.15, 0.2) is 0 Å². The fourth-order valence-electron chi connectivity index (χ4n) is 2.42. The molecule has 0 fully saturated rings. The molecule has 3 aromatic rings. The normalized spacial score (nSPS) is 11.9. The van der Waals surface area contributed by atoms with Gasteiger partial charge >= 0.3 is 0 Å². The zero-order valence-corrected chi connectivity index (χ0v) is 14.6. The molecule has 0 saturated heterocycles. The van der Waals surface area contributed by atoms with Crippen molar-refractivity contribution in [2.75, 3.05) is 13.7 Å². The van der Waals surface area contributed by atoms with Gasteiger partial charge in [-0.2, -0.15) is 0 Å². The van der Waals surface area contributed by atoms with Gasteiger partial charge in [0.05, 0.1) is 24.7 Å². The van der Waals surface area contributed by atoms with Gasteiger partial charge in [0.2, 0.25) is 5.91 Å². The number of carbonyl (C=O) groups excluding carboxylic acids is 1. The van der Waals surface area contributed by atoms with Crippen LogP contribution in [0.3, 0.4) is 0 Å². The van der Waals surface area contributed by atoms with Gasteiger partial charge in [-0.05, 0) is 42.0 Å². The topological polar surface area (TPSA) is 71.7 Å². The Balaban J connectivity index is 1.53. The van der Waals surface area contributed by atoms with Crippen molar-refractivity contribution in [2.45, 2.75) is 12.5 Å². The summed E-state index contributed by atoms with van der Waals surface area (Å²) in [4.78, 5) is 13.8. The van der Waals surface area contributed by atoms with E-state index in [1.54, 1.807) is 13.4 Å². The lowest BCUT2D eigenvalue weighted by atomic mass is 10.1. The molecule has 2 heterocycles. The maximum absolute atomic E-state index is 12.1. The second-order valence-electron chi connectivity index (χ2n) is 5.53. The fourth-order valence-corrected chi connectivity index (χ4v) is 3.39. The fraction of sp³-hybridized carbons (Fsp3) is 0.211. The Morgan fingerprint density at radius 1 is 1.28 bits per heavy atom. The molecule has 0 saturated carbocycles. The Hall–Kier alpha value is -2.57. The highest BCUT2D eigenvalue weighted by molar-refractivity contribution is 7.15. The minimum atomic E-state index is -0.747. The molecule has 1 aromatic carbocycles. The van der Waals surface area contributed by atoms with Crippen molar-refractivity contribution in [3.63, 3.8) is 0 Å². The molecule has 0 aliphatic rings. The highest BCUT2D eigenvalue weighted by Crippen LogP contribution is 2.31. The molecule has 0 spiro atoms. The van der Waals surface area contributed by atoms with Gasteiger partial charge in [-0.1, -0.05) is 12.1 Å². The number of rotatable bonds is 7. The molecule has 1 amide bonds. The summed E-state index contributed by atoms with van der Waals surface area (Å²) in [5, 5.41) is 13.0. The van der Waals surface area contributed by atoms with Crippen LogP contribution < -0.4 is 10.1 Å². The van der Waals surface area contributed by atoms with Gasteiger partial charge in [-0.15, -0.1) is 11.3 Å². The molecule has 6 heteroatoms. The molecule has 5 nitrogen and oxygen atoms in total. The number of hydrogen-bond donors (Lipinski definition) is 2. The number of aliphatic hydroxyl groups is 1. The van der Waals surface area contributed by atoms with Gasteiger partial charge in [0.25, 0.3) is 0 Å². The molecule has 130 valence electrons. The van der Waals surface area contributed by atoms with E-state index in [1.165, 1.54) is 11.3 Å². The van der Waals surface area contributed by atoms with E-state index in [-0.39, 0.29) is 18.9 Å². The molecule has 3 rings (SSSR count). The predicted molar refractivity (Wildman–Crippen MR) is 96.7 cm³/mol. The molecule has 0 aliphatic carbocycles. The third-order valence-corrected chi connectivity index (χ3v) is 4.91. The predicted octanol–water partition coefficient (Wildman–Crippen LogP) is 3.41. The number of nitrogens with one attached hydrogen (secondary N) is 1. The summed E-state index contributed by atoms with van der Waals surface area (Å²) in [7, 11) is 1.59. The quantitative estimate of drug-likeness (QED) is 0.680. The number of furan rings is 1. The summed E-state index contributed by atoms with van der Waals surface area (Å²) in [6, 6.07) is 14.8. The van der Waals surface area contributed by atoms with Crippen molar-refractivity contribution in [3.8, 4) is 16.4 Å². The Labute approximate surface area is 149 Å². The summed E-state index contributed by atoms with van der Waals surface area (Å²) in [5.41, 5.74) is 0.863. The Kier molecular flexibility index (Phi) is 5.53. The minimum Gasteiger partial charge on any atom is -0.497 e. The lowest BCUT2D eigenvalue weighted by molar-refractivity contribution is -0.120. The number of hydrogen-bond acceptors (Lipinski definition) is 5. The largest absolute Gasteiger partial charge is 0.497 e. The van der Waals surface area contributed by atoms with Crippen molar-refractivity contribution < 1.29 is 19.1 Å². The van der Waals surface area contributed by atoms with Crippen molar-refractivity contribution in [1.29, 1.82) is 0 Å². The summed E-state index contributed by atoms with van der Waals surface area (Å²) < 4.78 is 10.5. The Bertz CT molecular complexity index is 826. The van der Waals surface area contributed by atoms with E-state index in [1.807, 2.05) is 48.5 Å². The minimum absolute atomic E-state index is 0.143. The summed E-state index contributed by atoms with van der Waals surface area (Å²) in [6.45, 7) is 0.168. The average molecular weight is 357 g/mol. The molecule has 2 aromatic heterocycles. The molecular weight excluding hydrogens is 338 g/mol. The van der Waals surface area contributed by atoms with Crippen LogP contribution in [0.5, 0.6) is 5.75 Å². The van der Waals surface area contributed by atoms with E-state index in [4.69, 9.17) is 9.15 Å². The van der Waals surface area contributed by atoms with Crippen LogP contribution in [0.4, 0.5) is 0 Å². The van der Waals surface area contributed by atoms with Gasteiger partial charge in [-0.3, -0.25) is 4.79 Å². The molecule has 2 N–H and O–H groups in total. The molecular formula is C19H19NO4S. The van der Waals surface area contributed by atoms with Crippen LogP contribution in [0.1, 0.15) is 16.5 Å². The van der Waals surface area contributed by atoms with Crippen molar-refractivity contribution in [3.05, 3.63) is 65.2 Å². The van der Waals surface area contributed by atoms with Crippen LogP contribution in [0, 0.1) is 0 Å². The lowest BCUT2D eigenvalue weighted by Gasteiger charge is -2.10. The number of carbonyl (C=O) groups is 1. The van der Waals surface area contributed by atoms with E-state index in [0.717, 1.165) is 26.8 Å². The maximum Gasteiger partial charge on any atom is 0.224 e. The first-order valence-corrected chi connectivity index (χ1v) is 8.68. The first-order chi connectivity index (χ1) is 12.2. The van der Waals surface area contributed by atoms with E-state index in [0.29, 0.717) is 0 Å². The standard InChI is InChI=1S/C19H19NO4S/c1-23-14-5-2-4-13(10-14)11-19(22)20-12-15(21)17-7-8-18(25-17)16-6-3-9-24-16/h2-10,15,21H,11-12H2,1H3,(H,20,22). The number of methoxy groups -OCH3 is 1. The third kappa shape index (κ3) is 4.49. The summed E-state index contributed by atoms with van der Waals surface area (Å²) in [5.74, 6) is 1.34. The van der Waals surface area contributed by atoms with E-state index < -0.39 is 6.10 Å². The average Bonchev–Trinajstić information content (AvgIpc) is 3.31. The molecule has 0 radical (unpaired) electrons. The maximum atomic E-state index is 12.1. The summed E-state index contributed by atoms with van der Waals surface area (Å²) in [6.07, 6.45) is 1.11. The van der Waals surface area contributed by atoms with Gasteiger partial charge in [0, 0.05) is 11.4 Å². The zero-order chi connectivity index (χ0) is 17.6. The van der Waals surface area contributed by atoms with E-state index in [9.17, 15) is 9.90 Å². The van der Waals surface area contributed by atoms with Crippen molar-refractivity contribution >= 4 is 17.2 Å². The van der Waals surface area contributed by atoms with Gasteiger partial charge < -0.3 is 19.6 Å². The Morgan fingerprint density at radius 2 is 2.16 bits per heavy atom. The number of benzene rings is 1. The van der Waals surface area contributed by atoms with Crippen molar-refractivity contribution in [1.82, 2.24) is 5.32 Å². The van der Waals surface area contributed by atoms with Crippen LogP contribution in [0.2, 0.25) is 0 Å². The van der Waals surface area contributed by atoms with Gasteiger partial charge in [0.1, 0.15) is 17.6 Å². The second-order valence-corrected chi connectivity index (χ2v) is 6.64. The van der Waals surface area contributed by atoms with Crippen LogP contribution in [-0.2, 0) is 11.2 Å². The SMILES string of the molecule is COc1cccc(CC(=O)NCC(O)c2ccc(-c3ccco3)s2)c1. The first-order valence-electron chi connectivity index (χ1n) is 7.87. The second kappa shape index (κ2) is 8.00. The van der Waals surface area contributed by atoms with Gasteiger partial charge in [-0.25, -0.2) is 0 Å². The third-order valence-electron chi connectivity index (χ3n) is 3.71. The highest BCUT2D eigenvalue weighted by Gasteiger charge is 2.14. The van der Waals surface area contributed by atoms with Crippen LogP contribution >= 0.6 is 11.3 Å². The molecule has 25 heavy (non-hydrogen) atoms. The van der Waals surface area contributed by atoms with E-state index in [2.05, 4.69) is 5.32 Å². The monoisotopic (exact) mass is 357 g/mol. The van der Waals surface area contributed by atoms with E-state index >= 15 is 0 Å². The highest BCUT2D eigenvalue weighted by atomic mass is 32.1. The number of amides is 1. The van der Waals surface area contributed by atoms with Crippen LogP contribution in [0.15, 0.2) is 59.2 Å². The number of thiophene rings is 1. The Morgan fingerprint density at radius 3 is 2.92 bits per heavy atom. The molecule has 0 bridgehead atoms. The first kappa shape index (κ1) is 17.3. The van der Waals surface area contributed by atoms with Crippen LogP contribution in [-0.4, -0.2) is 24.7 Å². The number of aliphatic hydroxyl groups excluding tert-OH is 1. The zero-order valence-electron chi connectivity index (χ0n) is 13.8. The lowest BCUT2D eigenvalue weighted by Crippen LogP contribution is -2.29. The smallest absolute Gasteiger partial charge is 0.224 e. The van der Waals surface area contributed by atoms with Crippen LogP contribution in [0.25, 0.3) is 10.6 Å². The van der Waals surface area contributed by atoms with Crippen molar-refractivity contribution in [2.24, 2.45) is 0 Å². The molecule has 1 atom stereocenters.